The van der Waals surface area contributed by atoms with E-state index >= 15 is 4.39 Å². The first kappa shape index (κ1) is 26.7. The van der Waals surface area contributed by atoms with Crippen LogP contribution in [0.15, 0.2) is 29.3 Å². The quantitative estimate of drug-likeness (QED) is 0.392. The monoisotopic (exact) mass is 547 g/mol. The summed E-state index contributed by atoms with van der Waals surface area (Å²) in [6.45, 7) is 13.3. The number of nitrogens with one attached hydrogen (secondary N) is 1. The van der Waals surface area contributed by atoms with Crippen LogP contribution in [0.2, 0.25) is 0 Å². The van der Waals surface area contributed by atoms with E-state index in [-0.39, 0.29) is 55.3 Å². The van der Waals surface area contributed by atoms with Gasteiger partial charge in [0.15, 0.2) is 0 Å². The van der Waals surface area contributed by atoms with Crippen molar-refractivity contribution in [1.82, 2.24) is 14.9 Å². The Bertz CT molecular complexity index is 1690. The lowest BCUT2D eigenvalue weighted by Crippen LogP contribution is -2.38. The van der Waals surface area contributed by atoms with Gasteiger partial charge in [-0.25, -0.2) is 9.37 Å². The molecule has 6 rings (SSSR count). The number of aryl methyl sites for hydroxylation is 1. The summed E-state index contributed by atoms with van der Waals surface area (Å²) >= 11 is 0. The summed E-state index contributed by atoms with van der Waals surface area (Å²) in [4.78, 5) is 31.6. The fourth-order valence-electron chi connectivity index (χ4n) is 6.33. The summed E-state index contributed by atoms with van der Waals surface area (Å²) < 4.78 is 28.0. The largest absolute Gasteiger partial charge is 0.490 e. The zero-order valence-corrected chi connectivity index (χ0v) is 23.5. The zero-order valence-electron chi connectivity index (χ0n) is 23.5. The van der Waals surface area contributed by atoms with Crippen LogP contribution < -0.4 is 10.9 Å². The van der Waals surface area contributed by atoms with Crippen LogP contribution in [-0.2, 0) is 39.4 Å². The van der Waals surface area contributed by atoms with Crippen LogP contribution in [0.4, 0.5) is 4.39 Å². The van der Waals surface area contributed by atoms with Crippen molar-refractivity contribution >= 4 is 16.8 Å². The molecule has 0 saturated heterocycles. The van der Waals surface area contributed by atoms with Gasteiger partial charge in [-0.15, -0.1) is 0 Å². The van der Waals surface area contributed by atoms with Crippen molar-refractivity contribution in [2.75, 3.05) is 6.61 Å². The molecule has 2 N–H and O–H groups in total. The summed E-state index contributed by atoms with van der Waals surface area (Å²) in [7, 11) is 0. The molecule has 4 heterocycles. The molecule has 1 aliphatic carbocycles. The number of carbonyl (C=O) groups excluding carboxylic acids is 1. The highest BCUT2D eigenvalue weighted by Gasteiger charge is 2.42. The van der Waals surface area contributed by atoms with Crippen molar-refractivity contribution in [2.24, 2.45) is 0 Å². The minimum Gasteiger partial charge on any atom is -0.490 e. The minimum absolute atomic E-state index is 0.0230. The molecule has 9 heteroatoms. The van der Waals surface area contributed by atoms with E-state index in [1.165, 1.54) is 6.07 Å². The molecule has 3 aliphatic rings. The Morgan fingerprint density at radius 1 is 1.32 bits per heavy atom. The lowest BCUT2D eigenvalue weighted by molar-refractivity contribution is -0.131. The molecule has 40 heavy (non-hydrogen) atoms. The molecule has 1 unspecified atom stereocenters. The van der Waals surface area contributed by atoms with Gasteiger partial charge < -0.3 is 24.5 Å². The lowest BCUT2D eigenvalue weighted by atomic mass is 9.81. The molecule has 0 saturated carbocycles. The lowest BCUT2D eigenvalue weighted by Gasteiger charge is -2.35. The maximum atomic E-state index is 15.1. The third-order valence-corrected chi connectivity index (χ3v) is 8.52. The van der Waals surface area contributed by atoms with Crippen molar-refractivity contribution < 1.29 is 23.8 Å². The van der Waals surface area contributed by atoms with Crippen molar-refractivity contribution in [3.63, 3.8) is 0 Å². The average Bonchev–Trinajstić information content (AvgIpc) is 3.27. The van der Waals surface area contributed by atoms with Crippen LogP contribution in [0.1, 0.15) is 80.0 Å². The highest BCUT2D eigenvalue weighted by Crippen LogP contribution is 2.46. The van der Waals surface area contributed by atoms with E-state index in [0.29, 0.717) is 46.4 Å². The van der Waals surface area contributed by atoms with Gasteiger partial charge in [0.05, 0.1) is 40.7 Å². The Morgan fingerprint density at radius 2 is 2.08 bits per heavy atom. The number of hydrogen-bond acceptors (Lipinski definition) is 6. The second-order valence-electron chi connectivity index (χ2n) is 12.0. The first-order chi connectivity index (χ1) is 18.8. The highest BCUT2D eigenvalue weighted by atomic mass is 19.1. The SMILES string of the molecule is C=C1OCc2c(cc3n(c2=O)Cc2c-3nc3cc(F)c(C)c4c3c2C(NC(=O)COC(C)(C)C)CC4)[C@@]1(O)CC. The summed E-state index contributed by atoms with van der Waals surface area (Å²) in [5, 5.41) is 15.4. The predicted octanol–water partition coefficient (Wildman–Crippen LogP) is 4.43. The van der Waals surface area contributed by atoms with E-state index in [1.54, 1.807) is 17.6 Å². The Labute approximate surface area is 231 Å². The normalized spacial score (nSPS) is 21.1. The van der Waals surface area contributed by atoms with E-state index in [4.69, 9.17) is 14.5 Å². The topological polar surface area (TPSA) is 103 Å². The number of halogens is 1. The van der Waals surface area contributed by atoms with Crippen LogP contribution >= 0.6 is 0 Å². The maximum Gasteiger partial charge on any atom is 0.258 e. The molecular formula is C31H34FN3O5. The van der Waals surface area contributed by atoms with E-state index in [0.717, 1.165) is 22.1 Å². The molecule has 3 aromatic rings. The molecule has 8 nitrogen and oxygen atoms in total. The number of rotatable bonds is 4. The predicted molar refractivity (Wildman–Crippen MR) is 148 cm³/mol. The van der Waals surface area contributed by atoms with Crippen molar-refractivity contribution in [1.29, 1.82) is 0 Å². The molecule has 2 aromatic heterocycles. The molecular weight excluding hydrogens is 513 g/mol. The van der Waals surface area contributed by atoms with Crippen LogP contribution in [-0.4, -0.2) is 32.8 Å². The number of ether oxygens (including phenoxy) is 2. The van der Waals surface area contributed by atoms with Crippen LogP contribution in [0.5, 0.6) is 0 Å². The number of aromatic nitrogens is 2. The smallest absolute Gasteiger partial charge is 0.258 e. The average molecular weight is 548 g/mol. The van der Waals surface area contributed by atoms with Crippen LogP contribution in [0, 0.1) is 12.7 Å². The Hall–Kier alpha value is -3.56. The van der Waals surface area contributed by atoms with Gasteiger partial charge in [0.1, 0.15) is 30.4 Å². The van der Waals surface area contributed by atoms with Gasteiger partial charge in [-0.3, -0.25) is 9.59 Å². The summed E-state index contributed by atoms with van der Waals surface area (Å²) in [5.41, 5.74) is 3.34. The summed E-state index contributed by atoms with van der Waals surface area (Å²) in [5.74, 6) is -0.376. The second kappa shape index (κ2) is 8.97. The Morgan fingerprint density at radius 3 is 2.77 bits per heavy atom. The zero-order chi connectivity index (χ0) is 28.7. The third kappa shape index (κ3) is 3.89. The number of carbonyl (C=O) groups is 1. The van der Waals surface area contributed by atoms with Crippen molar-refractivity contribution in [3.8, 4) is 11.4 Å². The maximum absolute atomic E-state index is 15.1. The van der Waals surface area contributed by atoms with Crippen molar-refractivity contribution in [3.05, 3.63) is 74.0 Å². The standard InChI is InChI=1S/C31H34FN3O5/c1-7-31(38)16(3)39-13-19-20(31)10-24-28-18(12-35(24)29(19)37)27-22(33-25(36)14-40-30(4,5)6)9-8-17-15(2)21(32)11-23(34-28)26(17)27/h10-11,22,38H,3,7-9,12-14H2,1-2,4-6H3,(H,33,36)/t22?,31-/m1/s1. The number of aliphatic hydroxyl groups is 1. The molecule has 0 spiro atoms. The van der Waals surface area contributed by atoms with Gasteiger partial charge in [-0.2, -0.15) is 0 Å². The Kier molecular flexibility index (Phi) is 5.98. The van der Waals surface area contributed by atoms with E-state index < -0.39 is 11.2 Å². The number of amides is 1. The first-order valence-corrected chi connectivity index (χ1v) is 13.7. The van der Waals surface area contributed by atoms with Crippen LogP contribution in [0.25, 0.3) is 22.3 Å². The Balaban J connectivity index is 1.55. The highest BCUT2D eigenvalue weighted by molar-refractivity contribution is 5.93. The summed E-state index contributed by atoms with van der Waals surface area (Å²) in [6, 6.07) is 2.87. The van der Waals surface area contributed by atoms with Crippen LogP contribution in [0.3, 0.4) is 0 Å². The number of benzene rings is 1. The number of hydrogen-bond donors (Lipinski definition) is 2. The van der Waals surface area contributed by atoms with Crippen molar-refractivity contribution in [2.45, 2.75) is 84.3 Å². The van der Waals surface area contributed by atoms with Gasteiger partial charge >= 0.3 is 0 Å². The third-order valence-electron chi connectivity index (χ3n) is 8.52. The van der Waals surface area contributed by atoms with Gasteiger partial charge in [0.25, 0.3) is 5.56 Å². The summed E-state index contributed by atoms with van der Waals surface area (Å²) in [6.07, 6.45) is 1.45. The molecule has 0 bridgehead atoms. The van der Waals surface area contributed by atoms with Gasteiger partial charge in [0.2, 0.25) is 5.91 Å². The first-order valence-electron chi connectivity index (χ1n) is 13.7. The van der Waals surface area contributed by atoms with Gasteiger partial charge in [-0.05, 0) is 69.7 Å². The minimum atomic E-state index is -1.50. The number of nitrogens with zero attached hydrogens (tertiary/aromatic N) is 2. The molecule has 1 aromatic carbocycles. The second-order valence-corrected chi connectivity index (χ2v) is 12.0. The molecule has 2 atom stereocenters. The van der Waals surface area contributed by atoms with E-state index in [9.17, 15) is 14.7 Å². The number of pyridine rings is 2. The number of fused-ring (bicyclic) bond motifs is 5. The van der Waals surface area contributed by atoms with Gasteiger partial charge in [0, 0.05) is 22.6 Å². The fourth-order valence-corrected chi connectivity index (χ4v) is 6.33. The molecule has 1 amide bonds. The fraction of sp³-hybridized carbons (Fsp3) is 0.452. The van der Waals surface area contributed by atoms with E-state index in [2.05, 4.69) is 11.9 Å². The van der Waals surface area contributed by atoms with E-state index in [1.807, 2.05) is 27.7 Å². The van der Waals surface area contributed by atoms with Gasteiger partial charge in [-0.1, -0.05) is 13.5 Å². The molecule has 0 radical (unpaired) electrons. The molecule has 2 aliphatic heterocycles. The molecule has 210 valence electrons. The molecule has 0 fully saturated rings.